The number of para-hydroxylation sites is 2. The summed E-state index contributed by atoms with van der Waals surface area (Å²) >= 11 is 5.92. The number of fused-ring (bicyclic) bond motifs is 1. The lowest BCUT2D eigenvalue weighted by atomic mass is 9.92. The van der Waals surface area contributed by atoms with Crippen LogP contribution in [-0.4, -0.2) is 22.2 Å². The molecular formula is C26H17ClF6N4O2. The van der Waals surface area contributed by atoms with Crippen LogP contribution < -0.4 is 5.32 Å². The van der Waals surface area contributed by atoms with Crippen LogP contribution in [-0.2, 0) is 28.6 Å². The lowest BCUT2D eigenvalue weighted by molar-refractivity contribution is -0.142. The predicted molar refractivity (Wildman–Crippen MR) is 131 cm³/mol. The van der Waals surface area contributed by atoms with Crippen LogP contribution in [0.2, 0.25) is 5.02 Å². The Morgan fingerprint density at radius 2 is 1.59 bits per heavy atom. The van der Waals surface area contributed by atoms with Gasteiger partial charge < -0.3 is 10.2 Å². The number of alkyl halides is 6. The Morgan fingerprint density at radius 3 is 2.23 bits per heavy atom. The third-order valence-corrected chi connectivity index (χ3v) is 5.68. The van der Waals surface area contributed by atoms with E-state index in [0.717, 1.165) is 18.5 Å². The van der Waals surface area contributed by atoms with Crippen molar-refractivity contribution in [3.8, 4) is 0 Å². The van der Waals surface area contributed by atoms with Crippen LogP contribution >= 0.6 is 11.6 Å². The normalized spacial score (nSPS) is 13.0. The van der Waals surface area contributed by atoms with E-state index in [9.17, 15) is 31.1 Å². The topological polar surface area (TPSA) is 76.5 Å². The number of oxime groups is 1. The molecule has 1 aromatic heterocycles. The van der Waals surface area contributed by atoms with Crippen molar-refractivity contribution in [1.29, 1.82) is 0 Å². The number of nitrogens with zero attached hydrogens (tertiary/aromatic N) is 3. The first-order chi connectivity index (χ1) is 18.4. The first kappa shape index (κ1) is 27.8. The molecule has 6 nitrogen and oxygen atoms in total. The molecule has 0 aliphatic heterocycles. The van der Waals surface area contributed by atoms with Gasteiger partial charge in [0, 0.05) is 5.02 Å². The molecule has 4 aromatic rings. The molecule has 0 aliphatic rings. The van der Waals surface area contributed by atoms with E-state index in [1.54, 1.807) is 6.07 Å². The predicted octanol–water partition coefficient (Wildman–Crippen LogP) is 6.73. The van der Waals surface area contributed by atoms with Crippen LogP contribution in [0.4, 0.5) is 26.3 Å². The Balaban J connectivity index is 1.60. The van der Waals surface area contributed by atoms with E-state index < -0.39 is 41.1 Å². The van der Waals surface area contributed by atoms with E-state index in [-0.39, 0.29) is 28.8 Å². The smallest absolute Gasteiger partial charge is 0.390 e. The number of hydrogen-bond acceptors (Lipinski definition) is 5. The molecule has 1 heterocycles. The highest BCUT2D eigenvalue weighted by Gasteiger charge is 2.41. The highest BCUT2D eigenvalue weighted by molar-refractivity contribution is 6.30. The van der Waals surface area contributed by atoms with Crippen LogP contribution in [0.15, 0.2) is 78.0 Å². The minimum Gasteiger partial charge on any atom is -0.390 e. The van der Waals surface area contributed by atoms with Crippen LogP contribution in [0, 0.1) is 0 Å². The fraction of sp³-hybridized carbons (Fsp3) is 0.154. The second-order valence-corrected chi connectivity index (χ2v) is 8.58. The first-order valence-corrected chi connectivity index (χ1v) is 11.5. The number of rotatable bonds is 7. The number of halogens is 7. The van der Waals surface area contributed by atoms with Crippen LogP contribution in [0.3, 0.4) is 0 Å². The van der Waals surface area contributed by atoms with E-state index >= 15 is 0 Å². The molecule has 1 amide bonds. The highest BCUT2D eigenvalue weighted by atomic mass is 35.5. The molecule has 0 unspecified atom stereocenters. The lowest BCUT2D eigenvalue weighted by Crippen LogP contribution is -2.31. The van der Waals surface area contributed by atoms with Crippen molar-refractivity contribution < 1.29 is 36.0 Å². The fourth-order valence-electron chi connectivity index (χ4n) is 3.67. The van der Waals surface area contributed by atoms with Gasteiger partial charge in [0.2, 0.25) is 5.91 Å². The SMILES string of the molecule is O=C(NC=NOCc1cccc(C(F)(F)F)c1)[C@@H](c1ccc(Cl)cc1)c1nc2ccccc2nc1C(F)(F)F. The standard InChI is InChI=1S/C26H17ClF6N4O2/c27-18-10-8-16(9-11-18)21(22-23(26(31,32)33)37-20-7-2-1-6-19(20)36-22)24(38)34-14-35-39-13-15-4-3-5-17(12-15)25(28,29)30/h1-12,14,21H,13H2,(H,34,35,38)/t21-/m0/s1. The minimum atomic E-state index is -4.93. The number of amides is 1. The van der Waals surface area contributed by atoms with Crippen molar-refractivity contribution in [2.24, 2.45) is 5.16 Å². The average molecular weight is 567 g/mol. The Kier molecular flexibility index (Phi) is 8.05. The van der Waals surface area contributed by atoms with Crippen LogP contribution in [0.1, 0.15) is 34.0 Å². The molecule has 0 fully saturated rings. The molecular weight excluding hydrogens is 550 g/mol. The van der Waals surface area contributed by atoms with Crippen molar-refractivity contribution in [3.05, 3.63) is 106 Å². The Hall–Kier alpha value is -4.19. The Bertz CT molecular complexity index is 1510. The second kappa shape index (κ2) is 11.3. The third kappa shape index (κ3) is 6.82. The van der Waals surface area contributed by atoms with Gasteiger partial charge in [-0.3, -0.25) is 4.79 Å². The molecule has 1 atom stereocenters. The second-order valence-electron chi connectivity index (χ2n) is 8.14. The van der Waals surface area contributed by atoms with Gasteiger partial charge in [0.15, 0.2) is 5.69 Å². The maximum absolute atomic E-state index is 14.0. The molecule has 0 saturated carbocycles. The maximum Gasteiger partial charge on any atom is 0.435 e. The minimum absolute atomic E-state index is 0.00612. The molecule has 4 rings (SSSR count). The quantitative estimate of drug-likeness (QED) is 0.116. The van der Waals surface area contributed by atoms with Gasteiger partial charge in [-0.1, -0.05) is 53.2 Å². The Labute approximate surface area is 222 Å². The zero-order valence-electron chi connectivity index (χ0n) is 19.6. The van der Waals surface area contributed by atoms with Gasteiger partial charge in [-0.2, -0.15) is 26.3 Å². The zero-order valence-corrected chi connectivity index (χ0v) is 20.3. The average Bonchev–Trinajstić information content (AvgIpc) is 2.88. The van der Waals surface area contributed by atoms with Crippen molar-refractivity contribution in [1.82, 2.24) is 15.3 Å². The van der Waals surface area contributed by atoms with E-state index in [0.29, 0.717) is 5.02 Å². The van der Waals surface area contributed by atoms with Gasteiger partial charge in [-0.05, 0) is 47.5 Å². The lowest BCUT2D eigenvalue weighted by Gasteiger charge is -2.20. The first-order valence-electron chi connectivity index (χ1n) is 11.1. The van der Waals surface area contributed by atoms with Crippen LogP contribution in [0.25, 0.3) is 11.0 Å². The van der Waals surface area contributed by atoms with Gasteiger partial charge in [-0.15, -0.1) is 0 Å². The summed E-state index contributed by atoms with van der Waals surface area (Å²) < 4.78 is 80.7. The van der Waals surface area contributed by atoms with Gasteiger partial charge in [0.1, 0.15) is 18.9 Å². The number of carbonyl (C=O) groups excluding carboxylic acids is 1. The number of benzene rings is 3. The highest BCUT2D eigenvalue weighted by Crippen LogP contribution is 2.37. The summed E-state index contributed by atoms with van der Waals surface area (Å²) in [6, 6.07) is 15.8. The molecule has 0 spiro atoms. The number of aromatic nitrogens is 2. The molecule has 1 N–H and O–H groups in total. The number of hydrogen-bond donors (Lipinski definition) is 1. The van der Waals surface area contributed by atoms with Crippen LogP contribution in [0.5, 0.6) is 0 Å². The molecule has 0 bridgehead atoms. The van der Waals surface area contributed by atoms with E-state index in [1.807, 2.05) is 0 Å². The molecule has 3 aromatic carbocycles. The summed E-state index contributed by atoms with van der Waals surface area (Å²) in [7, 11) is 0. The molecule has 202 valence electrons. The largest absolute Gasteiger partial charge is 0.435 e. The molecule has 0 saturated heterocycles. The summed E-state index contributed by atoms with van der Waals surface area (Å²) in [5.74, 6) is -2.52. The number of nitrogens with one attached hydrogen (secondary N) is 1. The van der Waals surface area contributed by atoms with Crippen molar-refractivity contribution in [2.75, 3.05) is 0 Å². The van der Waals surface area contributed by atoms with Gasteiger partial charge in [0.05, 0.1) is 22.3 Å². The molecule has 39 heavy (non-hydrogen) atoms. The molecule has 0 radical (unpaired) electrons. The van der Waals surface area contributed by atoms with E-state index in [2.05, 4.69) is 20.4 Å². The van der Waals surface area contributed by atoms with Crippen molar-refractivity contribution in [2.45, 2.75) is 24.9 Å². The maximum atomic E-state index is 14.0. The fourth-order valence-corrected chi connectivity index (χ4v) is 3.80. The van der Waals surface area contributed by atoms with Gasteiger partial charge >= 0.3 is 12.4 Å². The van der Waals surface area contributed by atoms with Crippen molar-refractivity contribution in [3.63, 3.8) is 0 Å². The third-order valence-electron chi connectivity index (χ3n) is 5.42. The van der Waals surface area contributed by atoms with E-state index in [1.165, 1.54) is 54.6 Å². The Morgan fingerprint density at radius 1 is 0.923 bits per heavy atom. The monoisotopic (exact) mass is 566 g/mol. The molecule has 13 heteroatoms. The summed E-state index contributed by atoms with van der Waals surface area (Å²) in [6.07, 6.45) is -8.69. The summed E-state index contributed by atoms with van der Waals surface area (Å²) in [4.78, 5) is 26.0. The van der Waals surface area contributed by atoms with E-state index in [4.69, 9.17) is 16.4 Å². The van der Waals surface area contributed by atoms with Gasteiger partial charge in [-0.25, -0.2) is 9.97 Å². The summed E-state index contributed by atoms with van der Waals surface area (Å²) in [5.41, 5.74) is -2.41. The van der Waals surface area contributed by atoms with Crippen molar-refractivity contribution >= 4 is 34.9 Å². The summed E-state index contributed by atoms with van der Waals surface area (Å²) in [6.45, 7) is -0.356. The number of carbonyl (C=O) groups is 1. The summed E-state index contributed by atoms with van der Waals surface area (Å²) in [5, 5.41) is 6.02. The van der Waals surface area contributed by atoms with Gasteiger partial charge in [0.25, 0.3) is 0 Å². The zero-order chi connectivity index (χ0) is 28.2. The molecule has 0 aliphatic carbocycles.